The number of rotatable bonds is 4. The number of nitrogens with one attached hydrogen (secondary N) is 1. The SMILES string of the molecule is C/C=C/CCNc1cc(C)ccc1N. The van der Waals surface area contributed by atoms with Crippen LogP contribution in [-0.2, 0) is 0 Å². The highest BCUT2D eigenvalue weighted by Gasteiger charge is 1.96. The molecule has 0 aliphatic carbocycles. The molecule has 14 heavy (non-hydrogen) atoms. The lowest BCUT2D eigenvalue weighted by Gasteiger charge is -2.08. The fourth-order valence-corrected chi connectivity index (χ4v) is 1.28. The van der Waals surface area contributed by atoms with Gasteiger partial charge < -0.3 is 11.1 Å². The van der Waals surface area contributed by atoms with Gasteiger partial charge in [-0.3, -0.25) is 0 Å². The molecule has 2 nitrogen and oxygen atoms in total. The van der Waals surface area contributed by atoms with E-state index in [4.69, 9.17) is 5.73 Å². The van der Waals surface area contributed by atoms with Gasteiger partial charge in [-0.15, -0.1) is 0 Å². The predicted octanol–water partition coefficient (Wildman–Crippen LogP) is 2.96. The molecular weight excluding hydrogens is 172 g/mol. The van der Waals surface area contributed by atoms with Gasteiger partial charge in [0.15, 0.2) is 0 Å². The molecule has 0 heterocycles. The first kappa shape index (κ1) is 10.6. The summed E-state index contributed by atoms with van der Waals surface area (Å²) in [6, 6.07) is 6.03. The summed E-state index contributed by atoms with van der Waals surface area (Å²) in [6.45, 7) is 5.02. The molecule has 0 aromatic heterocycles. The summed E-state index contributed by atoms with van der Waals surface area (Å²) in [5.74, 6) is 0. The fourth-order valence-electron chi connectivity index (χ4n) is 1.28. The number of hydrogen-bond acceptors (Lipinski definition) is 2. The van der Waals surface area contributed by atoms with E-state index in [2.05, 4.69) is 30.5 Å². The van der Waals surface area contributed by atoms with Crippen molar-refractivity contribution in [2.45, 2.75) is 20.3 Å². The number of aryl methyl sites for hydroxylation is 1. The Kier molecular flexibility index (Phi) is 4.05. The number of hydrogen-bond donors (Lipinski definition) is 2. The minimum absolute atomic E-state index is 0.816. The van der Waals surface area contributed by atoms with Crippen molar-refractivity contribution in [3.63, 3.8) is 0 Å². The fraction of sp³-hybridized carbons (Fsp3) is 0.333. The smallest absolute Gasteiger partial charge is 0.0576 e. The van der Waals surface area contributed by atoms with Crippen LogP contribution >= 0.6 is 0 Å². The Morgan fingerprint density at radius 3 is 2.93 bits per heavy atom. The van der Waals surface area contributed by atoms with Gasteiger partial charge in [0.05, 0.1) is 11.4 Å². The summed E-state index contributed by atoms with van der Waals surface area (Å²) in [5.41, 5.74) is 8.91. The van der Waals surface area contributed by atoms with Gasteiger partial charge in [-0.1, -0.05) is 18.2 Å². The second kappa shape index (κ2) is 5.32. The lowest BCUT2D eigenvalue weighted by Crippen LogP contribution is -2.03. The second-order valence-corrected chi connectivity index (χ2v) is 3.38. The molecule has 2 heteroatoms. The molecule has 0 atom stereocenters. The first-order chi connectivity index (χ1) is 6.74. The van der Waals surface area contributed by atoms with Crippen molar-refractivity contribution >= 4 is 11.4 Å². The molecule has 0 aliphatic rings. The van der Waals surface area contributed by atoms with Crippen LogP contribution in [0.5, 0.6) is 0 Å². The predicted molar refractivity (Wildman–Crippen MR) is 63.5 cm³/mol. The summed E-state index contributed by atoms with van der Waals surface area (Å²) in [6.07, 6.45) is 5.23. The maximum absolute atomic E-state index is 5.82. The van der Waals surface area contributed by atoms with Crippen LogP contribution in [0.4, 0.5) is 11.4 Å². The Balaban J connectivity index is 2.53. The minimum atomic E-state index is 0.816. The zero-order valence-corrected chi connectivity index (χ0v) is 8.88. The summed E-state index contributed by atoms with van der Waals surface area (Å²) in [4.78, 5) is 0. The summed E-state index contributed by atoms with van der Waals surface area (Å²) in [7, 11) is 0. The Morgan fingerprint density at radius 2 is 2.21 bits per heavy atom. The number of allylic oxidation sites excluding steroid dienone is 1. The molecule has 0 radical (unpaired) electrons. The van der Waals surface area contributed by atoms with E-state index in [1.165, 1.54) is 5.56 Å². The highest BCUT2D eigenvalue weighted by atomic mass is 14.9. The van der Waals surface area contributed by atoms with Gasteiger partial charge in [-0.2, -0.15) is 0 Å². The molecule has 0 saturated carbocycles. The molecule has 0 amide bonds. The van der Waals surface area contributed by atoms with Crippen molar-refractivity contribution in [3.8, 4) is 0 Å². The van der Waals surface area contributed by atoms with E-state index >= 15 is 0 Å². The number of nitrogen functional groups attached to an aromatic ring is 1. The maximum Gasteiger partial charge on any atom is 0.0576 e. The van der Waals surface area contributed by atoms with Gasteiger partial charge in [0, 0.05) is 6.54 Å². The van der Waals surface area contributed by atoms with E-state index in [0.29, 0.717) is 0 Å². The molecule has 0 bridgehead atoms. The highest BCUT2D eigenvalue weighted by Crippen LogP contribution is 2.19. The minimum Gasteiger partial charge on any atom is -0.397 e. The van der Waals surface area contributed by atoms with Crippen LogP contribution in [0.25, 0.3) is 0 Å². The van der Waals surface area contributed by atoms with E-state index in [-0.39, 0.29) is 0 Å². The first-order valence-corrected chi connectivity index (χ1v) is 4.95. The third-order valence-electron chi connectivity index (χ3n) is 2.07. The van der Waals surface area contributed by atoms with Crippen molar-refractivity contribution in [1.82, 2.24) is 0 Å². The van der Waals surface area contributed by atoms with Crippen molar-refractivity contribution in [1.29, 1.82) is 0 Å². The van der Waals surface area contributed by atoms with Crippen molar-refractivity contribution in [3.05, 3.63) is 35.9 Å². The zero-order valence-electron chi connectivity index (χ0n) is 8.88. The van der Waals surface area contributed by atoms with Crippen LogP contribution in [-0.4, -0.2) is 6.54 Å². The standard InChI is InChI=1S/C12H18N2/c1-3-4-5-8-14-12-9-10(2)6-7-11(12)13/h3-4,6-7,9,14H,5,8,13H2,1-2H3/b4-3+. The van der Waals surface area contributed by atoms with Crippen LogP contribution in [0.3, 0.4) is 0 Å². The monoisotopic (exact) mass is 190 g/mol. The van der Waals surface area contributed by atoms with Gasteiger partial charge >= 0.3 is 0 Å². The molecule has 76 valence electrons. The Bertz CT molecular complexity index is 316. The van der Waals surface area contributed by atoms with E-state index in [0.717, 1.165) is 24.3 Å². The van der Waals surface area contributed by atoms with Crippen LogP contribution in [0.1, 0.15) is 18.9 Å². The number of anilines is 2. The van der Waals surface area contributed by atoms with Crippen LogP contribution < -0.4 is 11.1 Å². The molecule has 1 aromatic carbocycles. The zero-order chi connectivity index (χ0) is 10.4. The molecule has 1 rings (SSSR count). The molecule has 0 unspecified atom stereocenters. The van der Waals surface area contributed by atoms with Crippen molar-refractivity contribution in [2.75, 3.05) is 17.6 Å². The third kappa shape index (κ3) is 3.13. The van der Waals surface area contributed by atoms with Crippen LogP contribution in [0.15, 0.2) is 30.4 Å². The van der Waals surface area contributed by atoms with Gasteiger partial charge in [-0.25, -0.2) is 0 Å². The molecule has 0 fully saturated rings. The summed E-state index contributed by atoms with van der Waals surface area (Å²) >= 11 is 0. The van der Waals surface area contributed by atoms with Gasteiger partial charge in [0.1, 0.15) is 0 Å². The summed E-state index contributed by atoms with van der Waals surface area (Å²) < 4.78 is 0. The van der Waals surface area contributed by atoms with E-state index in [1.807, 2.05) is 19.1 Å². The maximum atomic E-state index is 5.82. The average Bonchev–Trinajstić information content (AvgIpc) is 2.18. The quantitative estimate of drug-likeness (QED) is 0.435. The largest absolute Gasteiger partial charge is 0.397 e. The van der Waals surface area contributed by atoms with Crippen LogP contribution in [0, 0.1) is 6.92 Å². The normalized spacial score (nSPS) is 10.7. The van der Waals surface area contributed by atoms with Gasteiger partial charge in [-0.05, 0) is 38.0 Å². The third-order valence-corrected chi connectivity index (χ3v) is 2.07. The van der Waals surface area contributed by atoms with E-state index in [9.17, 15) is 0 Å². The van der Waals surface area contributed by atoms with Gasteiger partial charge in [0.2, 0.25) is 0 Å². The lowest BCUT2D eigenvalue weighted by atomic mass is 10.2. The molecule has 0 aliphatic heterocycles. The summed E-state index contributed by atoms with van der Waals surface area (Å²) in [5, 5.41) is 3.31. The number of nitrogens with two attached hydrogens (primary N) is 1. The molecule has 1 aromatic rings. The highest BCUT2D eigenvalue weighted by molar-refractivity contribution is 5.66. The topological polar surface area (TPSA) is 38.0 Å². The Labute approximate surface area is 85.8 Å². The van der Waals surface area contributed by atoms with E-state index in [1.54, 1.807) is 0 Å². The van der Waals surface area contributed by atoms with E-state index < -0.39 is 0 Å². The number of benzene rings is 1. The second-order valence-electron chi connectivity index (χ2n) is 3.38. The lowest BCUT2D eigenvalue weighted by molar-refractivity contribution is 1.06. The van der Waals surface area contributed by atoms with Crippen LogP contribution in [0.2, 0.25) is 0 Å². The molecule has 0 saturated heterocycles. The molecule has 3 N–H and O–H groups in total. The van der Waals surface area contributed by atoms with Crippen molar-refractivity contribution < 1.29 is 0 Å². The Morgan fingerprint density at radius 1 is 1.43 bits per heavy atom. The molecule has 0 spiro atoms. The molecular formula is C12H18N2. The average molecular weight is 190 g/mol. The van der Waals surface area contributed by atoms with Gasteiger partial charge in [0.25, 0.3) is 0 Å². The Hall–Kier alpha value is -1.44. The van der Waals surface area contributed by atoms with Crippen molar-refractivity contribution in [2.24, 2.45) is 0 Å². The first-order valence-electron chi connectivity index (χ1n) is 4.95.